The fraction of sp³-hybridized carbons (Fsp3) is 0.481. The van der Waals surface area contributed by atoms with Crippen molar-refractivity contribution in [3.05, 3.63) is 71.3 Å². The Hall–Kier alpha value is -2.60. The Morgan fingerprint density at radius 3 is 1.94 bits per heavy atom. The number of piperidine rings is 1. The Bertz CT molecular complexity index is 925. The molecular weight excluding hydrogens is 420 g/mol. The minimum atomic E-state index is -0.600. The minimum Gasteiger partial charge on any atom is -0.303 e. The van der Waals surface area contributed by atoms with E-state index in [1.54, 1.807) is 24.3 Å². The molecule has 0 radical (unpaired) electrons. The van der Waals surface area contributed by atoms with Crippen LogP contribution in [-0.2, 0) is 4.79 Å². The van der Waals surface area contributed by atoms with Crippen molar-refractivity contribution in [2.45, 2.75) is 58.4 Å². The number of hydrogen-bond acceptors (Lipinski definition) is 3. The molecule has 0 spiro atoms. The van der Waals surface area contributed by atoms with Gasteiger partial charge in [0.05, 0.1) is 0 Å². The molecule has 33 heavy (non-hydrogen) atoms. The summed E-state index contributed by atoms with van der Waals surface area (Å²) in [5.41, 5.74) is 1.74. The van der Waals surface area contributed by atoms with E-state index in [1.807, 2.05) is 44.7 Å². The van der Waals surface area contributed by atoms with Crippen molar-refractivity contribution in [3.8, 4) is 0 Å². The van der Waals surface area contributed by atoms with Crippen LogP contribution >= 0.6 is 0 Å². The average molecular weight is 456 g/mol. The van der Waals surface area contributed by atoms with Crippen LogP contribution in [0.4, 0.5) is 8.78 Å². The van der Waals surface area contributed by atoms with Crippen molar-refractivity contribution < 1.29 is 13.6 Å². The summed E-state index contributed by atoms with van der Waals surface area (Å²) in [6.45, 7) is 11.5. The van der Waals surface area contributed by atoms with Crippen molar-refractivity contribution in [1.29, 1.82) is 0 Å². The predicted molar refractivity (Wildman–Crippen MR) is 129 cm³/mol. The van der Waals surface area contributed by atoms with Gasteiger partial charge in [-0.1, -0.05) is 29.8 Å². The van der Waals surface area contributed by atoms with Crippen LogP contribution in [0.3, 0.4) is 0 Å². The summed E-state index contributed by atoms with van der Waals surface area (Å²) in [6, 6.07) is 13.3. The van der Waals surface area contributed by atoms with E-state index in [0.717, 1.165) is 56.8 Å². The molecule has 178 valence electrons. The topological polar surface area (TPSA) is 35.9 Å². The second kappa shape index (κ2) is 11.0. The van der Waals surface area contributed by atoms with Gasteiger partial charge >= 0.3 is 0 Å². The highest BCUT2D eigenvalue weighted by atomic mass is 19.1. The number of likely N-dealkylation sites (tertiary alicyclic amines) is 1. The second-order valence-electron chi connectivity index (χ2n) is 9.49. The van der Waals surface area contributed by atoms with E-state index < -0.39 is 5.54 Å². The van der Waals surface area contributed by atoms with Crippen molar-refractivity contribution in [2.75, 3.05) is 26.2 Å². The number of carbonyl (C=O) groups is 1. The van der Waals surface area contributed by atoms with Gasteiger partial charge in [0.25, 0.3) is 5.91 Å². The molecule has 0 N–H and O–H groups in total. The Labute approximate surface area is 196 Å². The highest BCUT2D eigenvalue weighted by molar-refractivity contribution is 6.06. The molecule has 4 rings (SSSR count). The number of benzene rings is 2. The summed E-state index contributed by atoms with van der Waals surface area (Å²) < 4.78 is 25.1. The van der Waals surface area contributed by atoms with Gasteiger partial charge in [0.1, 0.15) is 23.0 Å². The lowest BCUT2D eigenvalue weighted by atomic mass is 9.89. The van der Waals surface area contributed by atoms with Gasteiger partial charge < -0.3 is 4.90 Å². The third kappa shape index (κ3) is 6.94. The van der Waals surface area contributed by atoms with Gasteiger partial charge in [0.15, 0.2) is 0 Å². The van der Waals surface area contributed by atoms with Gasteiger partial charge in [-0.05, 0) is 102 Å². The number of hydrogen-bond donors (Lipinski definition) is 0. The standard InChI is InChI=1S/C20H28FN3O.C7H7F/c1-15-22-20(2,3)19(25)24(15)12-4-11-23-13-9-17(10-14-23)16-5-7-18(21)8-6-16;1-6-2-4-7(8)5-3-6/h5-8,17H,4,9-14H2,1-3H3;2-5H,1H3. The normalized spacial score (nSPS) is 18.7. The predicted octanol–water partition coefficient (Wildman–Crippen LogP) is 5.57. The molecule has 0 unspecified atom stereocenters. The SMILES string of the molecule is CC1=NC(C)(C)C(=O)N1CCCN1CCC(c2ccc(F)cc2)CC1.Cc1ccc(F)cc1. The first-order chi connectivity index (χ1) is 15.7. The molecule has 4 nitrogen and oxygen atoms in total. The summed E-state index contributed by atoms with van der Waals surface area (Å²) in [5, 5.41) is 0. The lowest BCUT2D eigenvalue weighted by molar-refractivity contribution is -0.130. The van der Waals surface area contributed by atoms with Crippen molar-refractivity contribution in [3.63, 3.8) is 0 Å². The molecule has 2 heterocycles. The summed E-state index contributed by atoms with van der Waals surface area (Å²) >= 11 is 0. The van der Waals surface area contributed by atoms with Crippen LogP contribution in [0.2, 0.25) is 0 Å². The zero-order valence-corrected chi connectivity index (χ0v) is 20.2. The fourth-order valence-corrected chi connectivity index (χ4v) is 4.46. The molecule has 0 saturated carbocycles. The van der Waals surface area contributed by atoms with Crippen LogP contribution in [0, 0.1) is 18.6 Å². The molecule has 2 aromatic rings. The van der Waals surface area contributed by atoms with Crippen LogP contribution in [0.25, 0.3) is 0 Å². The summed E-state index contributed by atoms with van der Waals surface area (Å²) in [7, 11) is 0. The highest BCUT2D eigenvalue weighted by Crippen LogP contribution is 2.28. The summed E-state index contributed by atoms with van der Waals surface area (Å²) in [4.78, 5) is 21.1. The second-order valence-corrected chi connectivity index (χ2v) is 9.49. The Balaban J connectivity index is 0.000000323. The molecule has 1 fully saturated rings. The first-order valence-corrected chi connectivity index (χ1v) is 11.7. The molecule has 2 aromatic carbocycles. The average Bonchev–Trinajstić information content (AvgIpc) is 2.98. The molecule has 6 heteroatoms. The fourth-order valence-electron chi connectivity index (χ4n) is 4.46. The maximum Gasteiger partial charge on any atom is 0.255 e. The van der Waals surface area contributed by atoms with E-state index in [0.29, 0.717) is 5.92 Å². The number of aryl methyl sites for hydroxylation is 1. The number of amidine groups is 1. The zero-order valence-electron chi connectivity index (χ0n) is 20.2. The van der Waals surface area contributed by atoms with E-state index in [1.165, 1.54) is 17.7 Å². The van der Waals surface area contributed by atoms with Crippen molar-refractivity contribution >= 4 is 11.7 Å². The first kappa shape index (κ1) is 25.0. The van der Waals surface area contributed by atoms with E-state index in [9.17, 15) is 13.6 Å². The van der Waals surface area contributed by atoms with E-state index in [-0.39, 0.29) is 17.5 Å². The van der Waals surface area contributed by atoms with Gasteiger partial charge in [-0.2, -0.15) is 0 Å². The Morgan fingerprint density at radius 2 is 1.45 bits per heavy atom. The quantitative estimate of drug-likeness (QED) is 0.591. The number of aliphatic imine (C=N–C) groups is 1. The van der Waals surface area contributed by atoms with Crippen LogP contribution < -0.4 is 0 Å². The Morgan fingerprint density at radius 1 is 0.909 bits per heavy atom. The zero-order chi connectivity index (χ0) is 24.0. The molecule has 0 aliphatic carbocycles. The lowest BCUT2D eigenvalue weighted by Gasteiger charge is -2.32. The smallest absolute Gasteiger partial charge is 0.255 e. The third-order valence-corrected chi connectivity index (χ3v) is 6.40. The third-order valence-electron chi connectivity index (χ3n) is 6.40. The van der Waals surface area contributed by atoms with Crippen molar-refractivity contribution in [2.24, 2.45) is 4.99 Å². The van der Waals surface area contributed by atoms with E-state index >= 15 is 0 Å². The lowest BCUT2D eigenvalue weighted by Crippen LogP contribution is -2.40. The van der Waals surface area contributed by atoms with Gasteiger partial charge in [-0.25, -0.2) is 8.78 Å². The van der Waals surface area contributed by atoms with Crippen LogP contribution in [0.1, 0.15) is 57.1 Å². The largest absolute Gasteiger partial charge is 0.303 e. The van der Waals surface area contributed by atoms with Gasteiger partial charge in [-0.3, -0.25) is 14.7 Å². The molecule has 2 aliphatic rings. The van der Waals surface area contributed by atoms with Crippen LogP contribution in [0.5, 0.6) is 0 Å². The molecule has 2 aliphatic heterocycles. The maximum absolute atomic E-state index is 13.0. The monoisotopic (exact) mass is 455 g/mol. The number of amides is 1. The molecule has 0 atom stereocenters. The number of halogens is 2. The van der Waals surface area contributed by atoms with Crippen LogP contribution in [0.15, 0.2) is 53.5 Å². The van der Waals surface area contributed by atoms with Crippen LogP contribution in [-0.4, -0.2) is 53.3 Å². The molecule has 0 bridgehead atoms. The Kier molecular flexibility index (Phi) is 8.35. The number of rotatable bonds is 5. The molecule has 1 saturated heterocycles. The first-order valence-electron chi connectivity index (χ1n) is 11.7. The number of nitrogens with zero attached hydrogens (tertiary/aromatic N) is 3. The molecule has 1 amide bonds. The van der Waals surface area contributed by atoms with Gasteiger partial charge in [0.2, 0.25) is 0 Å². The molecular formula is C27H35F2N3O. The molecule has 0 aromatic heterocycles. The summed E-state index contributed by atoms with van der Waals surface area (Å²) in [6.07, 6.45) is 3.19. The van der Waals surface area contributed by atoms with E-state index in [2.05, 4.69) is 9.89 Å². The highest BCUT2D eigenvalue weighted by Gasteiger charge is 2.38. The summed E-state index contributed by atoms with van der Waals surface area (Å²) in [5.74, 6) is 1.15. The van der Waals surface area contributed by atoms with E-state index in [4.69, 9.17) is 0 Å². The maximum atomic E-state index is 13.0. The number of carbonyl (C=O) groups excluding carboxylic acids is 1. The van der Waals surface area contributed by atoms with Gasteiger partial charge in [0, 0.05) is 6.54 Å². The van der Waals surface area contributed by atoms with Gasteiger partial charge in [-0.15, -0.1) is 0 Å². The minimum absolute atomic E-state index is 0.111. The van der Waals surface area contributed by atoms with Crippen molar-refractivity contribution in [1.82, 2.24) is 9.80 Å².